The van der Waals surface area contributed by atoms with E-state index in [1.807, 2.05) is 18.2 Å². The summed E-state index contributed by atoms with van der Waals surface area (Å²) in [6.45, 7) is 5.65. The summed E-state index contributed by atoms with van der Waals surface area (Å²) in [6, 6.07) is 7.69. The van der Waals surface area contributed by atoms with Crippen molar-refractivity contribution in [2.24, 2.45) is 5.92 Å². The molecule has 0 aromatic heterocycles. The van der Waals surface area contributed by atoms with E-state index in [0.29, 0.717) is 18.2 Å². The Hall–Kier alpha value is -2.10. The molecule has 2 amide bonds. The van der Waals surface area contributed by atoms with Crippen LogP contribution in [-0.4, -0.2) is 17.9 Å². The molecular formula is C19H26N2O2. The summed E-state index contributed by atoms with van der Waals surface area (Å²) in [6.07, 6.45) is 7.42. The Labute approximate surface area is 138 Å². The van der Waals surface area contributed by atoms with Gasteiger partial charge in [-0.2, -0.15) is 0 Å². The van der Waals surface area contributed by atoms with Gasteiger partial charge in [0.25, 0.3) is 0 Å². The Bertz CT molecular complexity index is 568. The quantitative estimate of drug-likeness (QED) is 0.790. The molecular weight excluding hydrogens is 288 g/mol. The smallest absolute Gasteiger partial charge is 0.247 e. The molecule has 2 unspecified atom stereocenters. The average Bonchev–Trinajstić information content (AvgIpc) is 2.55. The van der Waals surface area contributed by atoms with Crippen LogP contribution in [0.4, 0.5) is 5.69 Å². The van der Waals surface area contributed by atoms with Gasteiger partial charge in [-0.25, -0.2) is 0 Å². The molecule has 1 aromatic rings. The van der Waals surface area contributed by atoms with Crippen molar-refractivity contribution < 1.29 is 9.59 Å². The van der Waals surface area contributed by atoms with Gasteiger partial charge in [0.05, 0.1) is 6.42 Å². The van der Waals surface area contributed by atoms with Gasteiger partial charge in [-0.3, -0.25) is 9.59 Å². The van der Waals surface area contributed by atoms with Gasteiger partial charge in [0.1, 0.15) is 0 Å². The predicted octanol–water partition coefficient (Wildman–Crippen LogP) is 3.44. The first-order valence-electron chi connectivity index (χ1n) is 8.42. The minimum atomic E-state index is -0.251. The molecule has 0 spiro atoms. The van der Waals surface area contributed by atoms with E-state index in [-0.39, 0.29) is 11.8 Å². The van der Waals surface area contributed by atoms with Crippen LogP contribution >= 0.6 is 0 Å². The Kier molecular flexibility index (Phi) is 6.39. The van der Waals surface area contributed by atoms with Crippen LogP contribution in [0.25, 0.3) is 0 Å². The molecule has 1 aliphatic carbocycles. The average molecular weight is 314 g/mol. The lowest BCUT2D eigenvalue weighted by molar-refractivity contribution is -0.121. The maximum atomic E-state index is 12.3. The minimum absolute atomic E-state index is 0.0546. The summed E-state index contributed by atoms with van der Waals surface area (Å²) in [7, 11) is 0. The predicted molar refractivity (Wildman–Crippen MR) is 93.2 cm³/mol. The molecule has 4 heteroatoms. The van der Waals surface area contributed by atoms with Crippen molar-refractivity contribution in [3.8, 4) is 0 Å². The van der Waals surface area contributed by atoms with Gasteiger partial charge >= 0.3 is 0 Å². The first-order chi connectivity index (χ1) is 11.1. The molecule has 23 heavy (non-hydrogen) atoms. The molecule has 124 valence electrons. The maximum absolute atomic E-state index is 12.3. The number of carbonyl (C=O) groups excluding carboxylic acids is 2. The number of hydrogen-bond donors (Lipinski definition) is 2. The van der Waals surface area contributed by atoms with Crippen LogP contribution in [0.15, 0.2) is 36.9 Å². The molecule has 0 radical (unpaired) electrons. The fourth-order valence-electron chi connectivity index (χ4n) is 3.21. The zero-order chi connectivity index (χ0) is 16.7. The number of carbonyl (C=O) groups is 2. The van der Waals surface area contributed by atoms with Crippen LogP contribution in [0, 0.1) is 5.92 Å². The third-order valence-corrected chi connectivity index (χ3v) is 4.47. The highest BCUT2D eigenvalue weighted by atomic mass is 16.2. The zero-order valence-electron chi connectivity index (χ0n) is 13.8. The molecule has 0 saturated heterocycles. The molecule has 0 bridgehead atoms. The van der Waals surface area contributed by atoms with Crippen LogP contribution in [-0.2, 0) is 16.0 Å². The highest BCUT2D eigenvalue weighted by Gasteiger charge is 2.22. The topological polar surface area (TPSA) is 58.2 Å². The standard InChI is InChI=1S/C19H26N2O2/c1-3-14-7-5-9-16(11-14)21-19(23)13-15-8-6-10-17(12-15)20-18(22)4-2/h4,6,8,10,12,14,16H,2-3,5,7,9,11,13H2,1H3,(H,20,22)(H,21,23). The number of benzene rings is 1. The molecule has 2 N–H and O–H groups in total. The van der Waals surface area contributed by atoms with Gasteiger partial charge in [0, 0.05) is 11.7 Å². The summed E-state index contributed by atoms with van der Waals surface area (Å²) >= 11 is 0. The van der Waals surface area contributed by atoms with E-state index in [9.17, 15) is 9.59 Å². The number of amides is 2. The molecule has 1 saturated carbocycles. The van der Waals surface area contributed by atoms with Gasteiger partial charge in [0.15, 0.2) is 0 Å². The van der Waals surface area contributed by atoms with Crippen molar-refractivity contribution in [2.75, 3.05) is 5.32 Å². The second-order valence-corrected chi connectivity index (χ2v) is 6.28. The Balaban J connectivity index is 1.88. The second-order valence-electron chi connectivity index (χ2n) is 6.28. The molecule has 0 aliphatic heterocycles. The summed E-state index contributed by atoms with van der Waals surface area (Å²) < 4.78 is 0. The molecule has 1 aliphatic rings. The van der Waals surface area contributed by atoms with E-state index >= 15 is 0 Å². The molecule has 1 aromatic carbocycles. The monoisotopic (exact) mass is 314 g/mol. The number of hydrogen-bond acceptors (Lipinski definition) is 2. The van der Waals surface area contributed by atoms with E-state index in [0.717, 1.165) is 24.3 Å². The van der Waals surface area contributed by atoms with E-state index in [1.54, 1.807) is 6.07 Å². The van der Waals surface area contributed by atoms with Crippen LogP contribution in [0.5, 0.6) is 0 Å². The van der Waals surface area contributed by atoms with Crippen LogP contribution in [0.1, 0.15) is 44.6 Å². The molecule has 2 rings (SSSR count). The number of rotatable bonds is 6. The first kappa shape index (κ1) is 17.3. The fraction of sp³-hybridized carbons (Fsp3) is 0.474. The lowest BCUT2D eigenvalue weighted by Gasteiger charge is -2.29. The van der Waals surface area contributed by atoms with Crippen LogP contribution < -0.4 is 10.6 Å². The van der Waals surface area contributed by atoms with Crippen molar-refractivity contribution in [3.63, 3.8) is 0 Å². The lowest BCUT2D eigenvalue weighted by atomic mass is 9.84. The van der Waals surface area contributed by atoms with E-state index < -0.39 is 0 Å². The Morgan fingerprint density at radius 3 is 2.91 bits per heavy atom. The van der Waals surface area contributed by atoms with E-state index in [1.165, 1.54) is 25.3 Å². The summed E-state index contributed by atoms with van der Waals surface area (Å²) in [5, 5.41) is 5.87. The molecule has 0 heterocycles. The number of anilines is 1. The van der Waals surface area contributed by atoms with Crippen LogP contribution in [0.3, 0.4) is 0 Å². The lowest BCUT2D eigenvalue weighted by Crippen LogP contribution is -2.39. The molecule has 2 atom stereocenters. The number of nitrogens with one attached hydrogen (secondary N) is 2. The van der Waals surface area contributed by atoms with Crippen molar-refractivity contribution in [3.05, 3.63) is 42.5 Å². The largest absolute Gasteiger partial charge is 0.353 e. The Morgan fingerprint density at radius 2 is 2.17 bits per heavy atom. The highest BCUT2D eigenvalue weighted by molar-refractivity contribution is 5.98. The SMILES string of the molecule is C=CC(=O)Nc1cccc(CC(=O)NC2CCCC(CC)C2)c1. The third-order valence-electron chi connectivity index (χ3n) is 4.47. The zero-order valence-corrected chi connectivity index (χ0v) is 13.8. The van der Waals surface area contributed by atoms with Gasteiger partial charge in [-0.1, -0.05) is 44.9 Å². The van der Waals surface area contributed by atoms with Crippen LogP contribution in [0.2, 0.25) is 0 Å². The van der Waals surface area contributed by atoms with Crippen molar-refractivity contribution in [1.82, 2.24) is 5.32 Å². The fourth-order valence-corrected chi connectivity index (χ4v) is 3.21. The summed E-state index contributed by atoms with van der Waals surface area (Å²) in [5.74, 6) is 0.546. The third kappa shape index (κ3) is 5.55. The summed E-state index contributed by atoms with van der Waals surface area (Å²) in [4.78, 5) is 23.6. The van der Waals surface area contributed by atoms with E-state index in [4.69, 9.17) is 0 Å². The minimum Gasteiger partial charge on any atom is -0.353 e. The molecule has 1 fully saturated rings. The van der Waals surface area contributed by atoms with E-state index in [2.05, 4.69) is 24.1 Å². The second kappa shape index (κ2) is 8.51. The first-order valence-corrected chi connectivity index (χ1v) is 8.42. The van der Waals surface area contributed by atoms with Crippen molar-refractivity contribution in [1.29, 1.82) is 0 Å². The van der Waals surface area contributed by atoms with Crippen molar-refractivity contribution in [2.45, 2.75) is 51.5 Å². The maximum Gasteiger partial charge on any atom is 0.247 e. The normalized spacial score (nSPS) is 20.6. The van der Waals surface area contributed by atoms with Gasteiger partial charge in [0.2, 0.25) is 11.8 Å². The van der Waals surface area contributed by atoms with Gasteiger partial charge < -0.3 is 10.6 Å². The van der Waals surface area contributed by atoms with Gasteiger partial charge in [-0.05, 0) is 42.5 Å². The highest BCUT2D eigenvalue weighted by Crippen LogP contribution is 2.26. The summed E-state index contributed by atoms with van der Waals surface area (Å²) in [5.41, 5.74) is 1.58. The molecule has 4 nitrogen and oxygen atoms in total. The Morgan fingerprint density at radius 1 is 1.35 bits per heavy atom. The van der Waals surface area contributed by atoms with Crippen molar-refractivity contribution >= 4 is 17.5 Å². The van der Waals surface area contributed by atoms with Gasteiger partial charge in [-0.15, -0.1) is 0 Å².